The highest BCUT2D eigenvalue weighted by Gasteiger charge is 2.18. The monoisotopic (exact) mass is 291 g/mol. The molecular weight excluding hydrogens is 270 g/mol. The van der Waals surface area contributed by atoms with E-state index in [0.717, 1.165) is 5.69 Å². The number of anilines is 1. The third-order valence-corrected chi connectivity index (χ3v) is 3.16. The van der Waals surface area contributed by atoms with Crippen LogP contribution in [0.2, 0.25) is 0 Å². The number of benzene rings is 1. The van der Waals surface area contributed by atoms with Crippen LogP contribution in [0.25, 0.3) is 0 Å². The molecule has 0 aliphatic heterocycles. The van der Waals surface area contributed by atoms with Gasteiger partial charge in [-0.1, -0.05) is 12.1 Å². The Labute approximate surface area is 124 Å². The number of hydrogen-bond donors (Lipinski definition) is 3. The Morgan fingerprint density at radius 2 is 2.00 bits per heavy atom. The van der Waals surface area contributed by atoms with Crippen LogP contribution in [0.5, 0.6) is 0 Å². The van der Waals surface area contributed by atoms with Crippen molar-refractivity contribution in [2.75, 3.05) is 25.0 Å². The molecule has 2 unspecified atom stereocenters. The number of carbonyl (C=O) groups is 1. The summed E-state index contributed by atoms with van der Waals surface area (Å²) >= 11 is 0. The van der Waals surface area contributed by atoms with Crippen LogP contribution in [0, 0.1) is 11.3 Å². The molecule has 0 fully saturated rings. The molecule has 0 saturated carbocycles. The molecule has 0 spiro atoms. The molecule has 3 N–H and O–H groups in total. The molecule has 1 aromatic rings. The SMILES string of the molecule is CC(=O)NCC(O)C(O)c1ccc(N(C)CCC#N)cc1. The molecule has 0 aliphatic rings. The molecule has 114 valence electrons. The molecule has 0 bridgehead atoms. The van der Waals surface area contributed by atoms with Crippen molar-refractivity contribution in [3.63, 3.8) is 0 Å². The van der Waals surface area contributed by atoms with E-state index in [9.17, 15) is 15.0 Å². The van der Waals surface area contributed by atoms with Crippen molar-refractivity contribution in [3.8, 4) is 6.07 Å². The first-order valence-electron chi connectivity index (χ1n) is 6.74. The van der Waals surface area contributed by atoms with Crippen molar-refractivity contribution in [1.29, 1.82) is 5.26 Å². The van der Waals surface area contributed by atoms with Gasteiger partial charge in [-0.2, -0.15) is 5.26 Å². The number of rotatable bonds is 7. The van der Waals surface area contributed by atoms with E-state index in [-0.39, 0.29) is 12.5 Å². The predicted molar refractivity (Wildman–Crippen MR) is 79.6 cm³/mol. The summed E-state index contributed by atoms with van der Waals surface area (Å²) in [5.74, 6) is -0.254. The van der Waals surface area contributed by atoms with Crippen molar-refractivity contribution in [1.82, 2.24) is 5.32 Å². The van der Waals surface area contributed by atoms with Crippen molar-refractivity contribution in [3.05, 3.63) is 29.8 Å². The molecule has 0 aromatic heterocycles. The van der Waals surface area contributed by atoms with Crippen LogP contribution in [0.1, 0.15) is 25.0 Å². The van der Waals surface area contributed by atoms with Crippen molar-refractivity contribution >= 4 is 11.6 Å². The van der Waals surface area contributed by atoms with Gasteiger partial charge in [-0.25, -0.2) is 0 Å². The highest BCUT2D eigenvalue weighted by molar-refractivity contribution is 5.72. The number of aliphatic hydroxyl groups excluding tert-OH is 2. The van der Waals surface area contributed by atoms with E-state index in [1.807, 2.05) is 24.1 Å². The maximum Gasteiger partial charge on any atom is 0.216 e. The highest BCUT2D eigenvalue weighted by Crippen LogP contribution is 2.21. The van der Waals surface area contributed by atoms with Crippen LogP contribution in [-0.4, -0.2) is 42.4 Å². The highest BCUT2D eigenvalue weighted by atomic mass is 16.3. The van der Waals surface area contributed by atoms with Crippen molar-refractivity contribution in [2.24, 2.45) is 0 Å². The zero-order valence-corrected chi connectivity index (χ0v) is 12.3. The molecule has 6 nitrogen and oxygen atoms in total. The number of nitriles is 1. The van der Waals surface area contributed by atoms with Gasteiger partial charge < -0.3 is 20.4 Å². The van der Waals surface area contributed by atoms with Gasteiger partial charge in [0.25, 0.3) is 0 Å². The largest absolute Gasteiger partial charge is 0.388 e. The molecular formula is C15H21N3O3. The number of hydrogen-bond acceptors (Lipinski definition) is 5. The Kier molecular flexibility index (Phi) is 6.66. The summed E-state index contributed by atoms with van der Waals surface area (Å²) in [6.07, 6.45) is -1.68. The Morgan fingerprint density at radius 1 is 1.38 bits per heavy atom. The lowest BCUT2D eigenvalue weighted by Crippen LogP contribution is -2.34. The Balaban J connectivity index is 2.64. The maximum absolute atomic E-state index is 10.8. The molecule has 6 heteroatoms. The minimum absolute atomic E-state index is 0.000321. The molecule has 1 aromatic carbocycles. The summed E-state index contributed by atoms with van der Waals surface area (Å²) < 4.78 is 0. The van der Waals surface area contributed by atoms with Gasteiger partial charge in [0.05, 0.1) is 12.5 Å². The number of aliphatic hydroxyl groups is 2. The van der Waals surface area contributed by atoms with Gasteiger partial charge >= 0.3 is 0 Å². The minimum Gasteiger partial charge on any atom is -0.388 e. The quantitative estimate of drug-likeness (QED) is 0.682. The van der Waals surface area contributed by atoms with Crippen LogP contribution in [0.4, 0.5) is 5.69 Å². The first-order chi connectivity index (χ1) is 9.95. The van der Waals surface area contributed by atoms with Gasteiger partial charge in [-0.05, 0) is 17.7 Å². The van der Waals surface area contributed by atoms with Crippen LogP contribution in [-0.2, 0) is 4.79 Å². The van der Waals surface area contributed by atoms with E-state index < -0.39 is 12.2 Å². The van der Waals surface area contributed by atoms with Crippen molar-refractivity contribution in [2.45, 2.75) is 25.6 Å². The fourth-order valence-corrected chi connectivity index (χ4v) is 1.85. The second-order valence-corrected chi connectivity index (χ2v) is 4.87. The van der Waals surface area contributed by atoms with Crippen LogP contribution in [0.3, 0.4) is 0 Å². The lowest BCUT2D eigenvalue weighted by atomic mass is 10.0. The van der Waals surface area contributed by atoms with Crippen LogP contribution < -0.4 is 10.2 Å². The summed E-state index contributed by atoms with van der Waals surface area (Å²) in [7, 11) is 1.88. The fourth-order valence-electron chi connectivity index (χ4n) is 1.85. The second kappa shape index (κ2) is 8.25. The molecule has 1 rings (SSSR count). The average Bonchev–Trinajstić information content (AvgIpc) is 2.49. The molecule has 0 saturated heterocycles. The summed E-state index contributed by atoms with van der Waals surface area (Å²) in [6, 6.07) is 9.17. The molecule has 0 radical (unpaired) electrons. The van der Waals surface area contributed by atoms with Crippen LogP contribution >= 0.6 is 0 Å². The first kappa shape index (κ1) is 17.0. The molecule has 2 atom stereocenters. The topological polar surface area (TPSA) is 96.6 Å². The third kappa shape index (κ3) is 5.42. The number of nitrogens with one attached hydrogen (secondary N) is 1. The predicted octanol–water partition coefficient (Wildman–Crippen LogP) is 0.567. The molecule has 1 amide bonds. The second-order valence-electron chi connectivity index (χ2n) is 4.87. The summed E-state index contributed by atoms with van der Waals surface area (Å²) in [5.41, 5.74) is 1.50. The normalized spacial score (nSPS) is 13.1. The molecule has 21 heavy (non-hydrogen) atoms. The van der Waals surface area contributed by atoms with E-state index in [1.54, 1.807) is 12.1 Å². The van der Waals surface area contributed by atoms with E-state index >= 15 is 0 Å². The summed E-state index contributed by atoms with van der Waals surface area (Å²) in [5, 5.41) is 30.8. The summed E-state index contributed by atoms with van der Waals surface area (Å²) in [4.78, 5) is 12.7. The van der Waals surface area contributed by atoms with Crippen molar-refractivity contribution < 1.29 is 15.0 Å². The first-order valence-corrected chi connectivity index (χ1v) is 6.74. The van der Waals surface area contributed by atoms with Gasteiger partial charge in [-0.15, -0.1) is 0 Å². The maximum atomic E-state index is 10.8. The third-order valence-electron chi connectivity index (χ3n) is 3.16. The zero-order valence-electron chi connectivity index (χ0n) is 12.3. The smallest absolute Gasteiger partial charge is 0.216 e. The standard InChI is InChI=1S/C15H21N3O3/c1-11(19)17-10-14(20)15(21)12-4-6-13(7-5-12)18(2)9-3-8-16/h4-7,14-15,20-21H,3,9-10H2,1-2H3,(H,17,19). The fraction of sp³-hybridized carbons (Fsp3) is 0.467. The van der Waals surface area contributed by atoms with E-state index in [0.29, 0.717) is 18.5 Å². The van der Waals surface area contributed by atoms with Gasteiger partial charge in [-0.3, -0.25) is 4.79 Å². The minimum atomic E-state index is -1.06. The average molecular weight is 291 g/mol. The number of amides is 1. The Morgan fingerprint density at radius 3 is 2.52 bits per heavy atom. The van der Waals surface area contributed by atoms with Gasteiger partial charge in [0.15, 0.2) is 0 Å². The number of nitrogens with zero attached hydrogens (tertiary/aromatic N) is 2. The van der Waals surface area contributed by atoms with E-state index in [1.165, 1.54) is 6.92 Å². The number of carbonyl (C=O) groups excluding carboxylic acids is 1. The summed E-state index contributed by atoms with van der Waals surface area (Å²) in [6.45, 7) is 1.98. The lowest BCUT2D eigenvalue weighted by Gasteiger charge is -2.21. The van der Waals surface area contributed by atoms with E-state index in [2.05, 4.69) is 11.4 Å². The van der Waals surface area contributed by atoms with Crippen LogP contribution in [0.15, 0.2) is 24.3 Å². The van der Waals surface area contributed by atoms with Gasteiger partial charge in [0.2, 0.25) is 5.91 Å². The zero-order chi connectivity index (χ0) is 15.8. The Hall–Kier alpha value is -2.10. The molecule has 0 aliphatic carbocycles. The lowest BCUT2D eigenvalue weighted by molar-refractivity contribution is -0.119. The van der Waals surface area contributed by atoms with E-state index in [4.69, 9.17) is 5.26 Å². The van der Waals surface area contributed by atoms with Gasteiger partial charge in [0.1, 0.15) is 12.2 Å². The Bertz CT molecular complexity index is 496. The molecule has 0 heterocycles. The van der Waals surface area contributed by atoms with Gasteiger partial charge in [0, 0.05) is 32.7 Å².